The molecule has 2 aromatic rings. The number of carbonyl (C=O) groups excluding carboxylic acids is 1. The van der Waals surface area contributed by atoms with E-state index in [1.165, 1.54) is 50.9 Å². The van der Waals surface area contributed by atoms with E-state index in [4.69, 9.17) is 10.5 Å². The molecule has 0 unspecified atom stereocenters. The van der Waals surface area contributed by atoms with Gasteiger partial charge in [-0.1, -0.05) is 62.4 Å². The molecule has 0 heterocycles. The molecule has 1 aliphatic carbocycles. The summed E-state index contributed by atoms with van der Waals surface area (Å²) < 4.78 is 20.0. The Balaban J connectivity index is 1.54. The Hall–Kier alpha value is -3.06. The highest BCUT2D eigenvalue weighted by atomic mass is 19.1. The third-order valence-corrected chi connectivity index (χ3v) is 6.45. The lowest BCUT2D eigenvalue weighted by atomic mass is 9.87. The van der Waals surface area contributed by atoms with Crippen molar-refractivity contribution in [1.82, 2.24) is 5.32 Å². The molecule has 0 bridgehead atoms. The number of halogens is 1. The van der Waals surface area contributed by atoms with Gasteiger partial charge in [-0.2, -0.15) is 0 Å². The van der Waals surface area contributed by atoms with Crippen LogP contribution in [0.3, 0.4) is 0 Å². The first-order valence-electron chi connectivity index (χ1n) is 12.8. The van der Waals surface area contributed by atoms with Crippen molar-refractivity contribution in [3.8, 4) is 11.1 Å². The maximum Gasteiger partial charge on any atom is 0.313 e. The molecule has 0 amide bonds. The summed E-state index contributed by atoms with van der Waals surface area (Å²) in [5.41, 5.74) is 8.31. The molecule has 0 spiro atoms. The van der Waals surface area contributed by atoms with Crippen molar-refractivity contribution in [3.05, 3.63) is 59.4 Å². The molecule has 6 nitrogen and oxygen atoms in total. The van der Waals surface area contributed by atoms with E-state index in [-0.39, 0.29) is 24.4 Å². The Bertz CT molecular complexity index is 1070. The van der Waals surface area contributed by atoms with E-state index in [9.17, 15) is 9.18 Å². The molecule has 1 aliphatic rings. The zero-order chi connectivity index (χ0) is 26.0. The Labute approximate surface area is 214 Å². The van der Waals surface area contributed by atoms with Crippen molar-refractivity contribution in [2.45, 2.75) is 65.8 Å². The minimum absolute atomic E-state index is 0.127. The number of hydrogen-bond acceptors (Lipinski definition) is 4. The first-order valence-corrected chi connectivity index (χ1v) is 12.8. The number of nitrogens with one attached hydrogen (secondary N) is 1. The number of carbonyl (C=O) groups is 1. The van der Waals surface area contributed by atoms with Gasteiger partial charge in [0.25, 0.3) is 0 Å². The normalized spacial score (nSPS) is 15.4. The van der Waals surface area contributed by atoms with Gasteiger partial charge in [0.2, 0.25) is 0 Å². The van der Waals surface area contributed by atoms with Gasteiger partial charge in [0.15, 0.2) is 6.73 Å². The third kappa shape index (κ3) is 8.55. The van der Waals surface area contributed by atoms with Gasteiger partial charge in [0.1, 0.15) is 18.0 Å². The van der Waals surface area contributed by atoms with Crippen LogP contribution in [0.2, 0.25) is 0 Å². The average Bonchev–Trinajstić information content (AvgIpc) is 2.86. The molecule has 1 fully saturated rings. The van der Waals surface area contributed by atoms with Gasteiger partial charge in [-0.25, -0.2) is 14.4 Å². The van der Waals surface area contributed by atoms with Crippen LogP contribution in [0.15, 0.2) is 52.4 Å². The van der Waals surface area contributed by atoms with E-state index < -0.39 is 5.41 Å². The third-order valence-electron chi connectivity index (χ3n) is 6.45. The first kappa shape index (κ1) is 27.5. The zero-order valence-corrected chi connectivity index (χ0v) is 21.7. The highest BCUT2D eigenvalue weighted by Gasteiger charge is 2.22. The fraction of sp³-hybridized carbons (Fsp3) is 0.483. The summed E-state index contributed by atoms with van der Waals surface area (Å²) in [5.74, 6) is 0.262. The highest BCUT2D eigenvalue weighted by Crippen LogP contribution is 2.26. The fourth-order valence-corrected chi connectivity index (χ4v) is 4.30. The molecule has 0 atom stereocenters. The SMILES string of the molecule is CC(C)(C)C(=O)OC/N=C/N=C(N)c1ccc(-c2cccc(CNCCC3CCCCC3)c2)c(F)c1. The number of esters is 1. The van der Waals surface area contributed by atoms with Crippen molar-refractivity contribution in [1.29, 1.82) is 0 Å². The van der Waals surface area contributed by atoms with Gasteiger partial charge in [-0.05, 0) is 62.9 Å². The number of aliphatic imine (C=N–C) groups is 2. The maximum absolute atomic E-state index is 15.0. The average molecular weight is 495 g/mol. The number of ether oxygens (including phenoxy) is 1. The number of nitrogens with two attached hydrogens (primary N) is 1. The maximum atomic E-state index is 15.0. The van der Waals surface area contributed by atoms with Crippen LogP contribution >= 0.6 is 0 Å². The van der Waals surface area contributed by atoms with Gasteiger partial charge >= 0.3 is 5.97 Å². The lowest BCUT2D eigenvalue weighted by Crippen LogP contribution is -2.22. The Morgan fingerprint density at radius 1 is 1.17 bits per heavy atom. The molecule has 3 rings (SSSR count). The van der Waals surface area contributed by atoms with Crippen LogP contribution in [0.1, 0.15) is 70.4 Å². The van der Waals surface area contributed by atoms with E-state index >= 15 is 0 Å². The second kappa shape index (κ2) is 13.3. The van der Waals surface area contributed by atoms with Gasteiger partial charge < -0.3 is 15.8 Å². The Morgan fingerprint density at radius 2 is 1.94 bits per heavy atom. The van der Waals surface area contributed by atoms with Crippen molar-refractivity contribution in [2.24, 2.45) is 27.1 Å². The minimum atomic E-state index is -0.596. The second-order valence-corrected chi connectivity index (χ2v) is 10.5. The lowest BCUT2D eigenvalue weighted by Gasteiger charge is -2.21. The van der Waals surface area contributed by atoms with E-state index in [0.717, 1.165) is 30.1 Å². The summed E-state index contributed by atoms with van der Waals surface area (Å²) in [6, 6.07) is 12.8. The summed E-state index contributed by atoms with van der Waals surface area (Å²) in [6.45, 7) is 6.92. The zero-order valence-electron chi connectivity index (χ0n) is 21.7. The molecular weight excluding hydrogens is 455 g/mol. The quantitative estimate of drug-likeness (QED) is 0.188. The highest BCUT2D eigenvalue weighted by molar-refractivity contribution is 6.01. The molecule has 0 aliphatic heterocycles. The van der Waals surface area contributed by atoms with Crippen molar-refractivity contribution in [3.63, 3.8) is 0 Å². The van der Waals surface area contributed by atoms with Crippen LogP contribution < -0.4 is 11.1 Å². The molecule has 36 heavy (non-hydrogen) atoms. The van der Waals surface area contributed by atoms with Crippen LogP contribution in [-0.2, 0) is 16.1 Å². The largest absolute Gasteiger partial charge is 0.442 e. The van der Waals surface area contributed by atoms with Crippen molar-refractivity contribution >= 4 is 18.1 Å². The van der Waals surface area contributed by atoms with E-state index in [2.05, 4.69) is 21.4 Å². The van der Waals surface area contributed by atoms with Crippen LogP contribution in [-0.4, -0.2) is 31.4 Å². The summed E-state index contributed by atoms with van der Waals surface area (Å²) >= 11 is 0. The van der Waals surface area contributed by atoms with E-state index in [0.29, 0.717) is 11.1 Å². The Morgan fingerprint density at radius 3 is 2.67 bits per heavy atom. The minimum Gasteiger partial charge on any atom is -0.442 e. The molecule has 0 saturated heterocycles. The number of hydrogen-bond donors (Lipinski definition) is 2. The standard InChI is InChI=1S/C29H39FN4O2/c1-29(2,3)28(35)36-20-33-19-34-27(31)24-12-13-25(26(30)17-24)23-11-7-10-22(16-23)18-32-15-14-21-8-5-4-6-9-21/h7,10-13,16-17,19,21,32H,4-6,8-9,14-15,18,20H2,1-3H3,(H2,31,33,34). The predicted molar refractivity (Wildman–Crippen MR) is 144 cm³/mol. The Kier molecular flexibility index (Phi) is 10.2. The van der Waals surface area contributed by atoms with Gasteiger partial charge in [-0.3, -0.25) is 4.79 Å². The predicted octanol–water partition coefficient (Wildman–Crippen LogP) is 5.83. The van der Waals surface area contributed by atoms with Crippen LogP contribution in [0.5, 0.6) is 0 Å². The first-order chi connectivity index (χ1) is 17.2. The molecule has 3 N–H and O–H groups in total. The van der Waals surface area contributed by atoms with Crippen LogP contribution in [0.4, 0.5) is 4.39 Å². The fourth-order valence-electron chi connectivity index (χ4n) is 4.30. The monoisotopic (exact) mass is 494 g/mol. The van der Waals surface area contributed by atoms with Crippen LogP contribution in [0, 0.1) is 17.2 Å². The topological polar surface area (TPSA) is 89.1 Å². The molecule has 7 heteroatoms. The van der Waals surface area contributed by atoms with Gasteiger partial charge in [0, 0.05) is 17.7 Å². The van der Waals surface area contributed by atoms with Gasteiger partial charge in [0.05, 0.1) is 5.41 Å². The number of amidine groups is 1. The number of nitrogens with zero attached hydrogens (tertiary/aromatic N) is 2. The van der Waals surface area contributed by atoms with Gasteiger partial charge in [-0.15, -0.1) is 0 Å². The summed E-state index contributed by atoms with van der Waals surface area (Å²) in [5, 5.41) is 3.54. The summed E-state index contributed by atoms with van der Waals surface area (Å²) in [6.07, 6.45) is 9.29. The molecular formula is C29H39FN4O2. The number of rotatable bonds is 10. The second-order valence-electron chi connectivity index (χ2n) is 10.5. The summed E-state index contributed by atoms with van der Waals surface area (Å²) in [7, 11) is 0. The molecule has 0 aromatic heterocycles. The van der Waals surface area contributed by atoms with Crippen molar-refractivity contribution < 1.29 is 13.9 Å². The molecule has 0 radical (unpaired) electrons. The van der Waals surface area contributed by atoms with E-state index in [1.54, 1.807) is 32.9 Å². The number of benzene rings is 2. The molecule has 1 saturated carbocycles. The molecule has 194 valence electrons. The van der Waals surface area contributed by atoms with Crippen molar-refractivity contribution in [2.75, 3.05) is 13.3 Å². The summed E-state index contributed by atoms with van der Waals surface area (Å²) in [4.78, 5) is 19.6. The lowest BCUT2D eigenvalue weighted by molar-refractivity contribution is -0.152. The smallest absolute Gasteiger partial charge is 0.313 e. The van der Waals surface area contributed by atoms with E-state index in [1.807, 2.05) is 18.2 Å². The molecule has 2 aromatic carbocycles. The van der Waals surface area contributed by atoms with Crippen LogP contribution in [0.25, 0.3) is 11.1 Å².